The zero-order valence-corrected chi connectivity index (χ0v) is 14.0. The normalized spacial score (nSPS) is 23.6. The number of ether oxygens (including phenoxy) is 1. The van der Waals surface area contributed by atoms with Gasteiger partial charge in [-0.1, -0.05) is 6.07 Å². The first-order chi connectivity index (χ1) is 10.3. The summed E-state index contributed by atoms with van der Waals surface area (Å²) in [5.41, 5.74) is 0. The van der Waals surface area contributed by atoms with Crippen molar-refractivity contribution >= 4 is 29.0 Å². The fraction of sp³-hybridized carbons (Fsp3) is 0.688. The molecule has 0 bridgehead atoms. The van der Waals surface area contributed by atoms with Crippen LogP contribution in [0.3, 0.4) is 0 Å². The first-order valence-corrected chi connectivity index (χ1v) is 9.86. The van der Waals surface area contributed by atoms with E-state index >= 15 is 0 Å². The van der Waals surface area contributed by atoms with Crippen molar-refractivity contribution in [3.05, 3.63) is 22.4 Å². The molecule has 1 aromatic rings. The van der Waals surface area contributed by atoms with Gasteiger partial charge in [-0.15, -0.1) is 11.3 Å². The van der Waals surface area contributed by atoms with Crippen molar-refractivity contribution in [1.82, 2.24) is 4.90 Å². The Balaban J connectivity index is 1.46. The largest absolute Gasteiger partial charge is 0.381 e. The molecule has 1 aromatic heterocycles. The summed E-state index contributed by atoms with van der Waals surface area (Å²) in [7, 11) is 0. The average molecular weight is 325 g/mol. The third kappa shape index (κ3) is 4.02. The molecule has 3 rings (SSSR count). The number of carbonyl (C=O) groups is 1. The molecule has 3 nitrogen and oxygen atoms in total. The molecule has 2 aliphatic rings. The Labute approximate surface area is 135 Å². The summed E-state index contributed by atoms with van der Waals surface area (Å²) in [6, 6.07) is 4.58. The first kappa shape index (κ1) is 15.4. The van der Waals surface area contributed by atoms with Crippen molar-refractivity contribution in [3.63, 3.8) is 0 Å². The third-order valence-electron chi connectivity index (χ3n) is 4.36. The molecule has 1 amide bonds. The Bertz CT molecular complexity index is 443. The van der Waals surface area contributed by atoms with Crippen LogP contribution in [0.5, 0.6) is 0 Å². The average Bonchev–Trinajstić information content (AvgIpc) is 3.19. The molecular formula is C16H23NO2S2. The van der Waals surface area contributed by atoms with Crippen molar-refractivity contribution in [2.24, 2.45) is 5.92 Å². The quantitative estimate of drug-likeness (QED) is 0.829. The van der Waals surface area contributed by atoms with Crippen LogP contribution in [0.25, 0.3) is 0 Å². The van der Waals surface area contributed by atoms with Gasteiger partial charge in [-0.25, -0.2) is 0 Å². The van der Waals surface area contributed by atoms with Gasteiger partial charge in [0.15, 0.2) is 0 Å². The number of carbonyl (C=O) groups excluding carboxylic acids is 1. The van der Waals surface area contributed by atoms with Crippen LogP contribution in [-0.4, -0.2) is 42.1 Å². The van der Waals surface area contributed by atoms with Gasteiger partial charge in [-0.3, -0.25) is 4.79 Å². The molecule has 0 spiro atoms. The summed E-state index contributed by atoms with van der Waals surface area (Å²) in [5.74, 6) is 2.80. The first-order valence-electron chi connectivity index (χ1n) is 7.83. The van der Waals surface area contributed by atoms with E-state index in [4.69, 9.17) is 4.74 Å². The number of nitrogens with zero attached hydrogens (tertiary/aromatic N) is 1. The Morgan fingerprint density at radius 1 is 1.38 bits per heavy atom. The summed E-state index contributed by atoms with van der Waals surface area (Å²) in [5, 5.41) is 2.11. The topological polar surface area (TPSA) is 29.5 Å². The van der Waals surface area contributed by atoms with E-state index in [2.05, 4.69) is 22.4 Å². The van der Waals surface area contributed by atoms with Gasteiger partial charge in [0.1, 0.15) is 0 Å². The van der Waals surface area contributed by atoms with Crippen molar-refractivity contribution in [1.29, 1.82) is 0 Å². The van der Waals surface area contributed by atoms with Gasteiger partial charge < -0.3 is 9.64 Å². The van der Waals surface area contributed by atoms with Gasteiger partial charge in [-0.2, -0.15) is 11.8 Å². The van der Waals surface area contributed by atoms with E-state index in [9.17, 15) is 4.79 Å². The second-order valence-corrected chi connectivity index (χ2v) is 7.84. The van der Waals surface area contributed by atoms with Gasteiger partial charge in [-0.05, 0) is 48.8 Å². The van der Waals surface area contributed by atoms with Crippen LogP contribution in [0.1, 0.15) is 36.6 Å². The van der Waals surface area contributed by atoms with Crippen LogP contribution in [0.2, 0.25) is 0 Å². The van der Waals surface area contributed by atoms with Crippen molar-refractivity contribution < 1.29 is 9.53 Å². The van der Waals surface area contributed by atoms with E-state index in [0.29, 0.717) is 17.7 Å². The maximum absolute atomic E-state index is 12.5. The van der Waals surface area contributed by atoms with Crippen molar-refractivity contribution in [2.45, 2.75) is 31.7 Å². The number of likely N-dealkylation sites (tertiary alicyclic amines) is 1. The van der Waals surface area contributed by atoms with Crippen LogP contribution in [0.15, 0.2) is 17.5 Å². The number of hydrogen-bond acceptors (Lipinski definition) is 4. The Morgan fingerprint density at radius 2 is 2.24 bits per heavy atom. The number of rotatable bonds is 5. The second-order valence-electron chi connectivity index (χ2n) is 5.83. The zero-order valence-electron chi connectivity index (χ0n) is 12.3. The lowest BCUT2D eigenvalue weighted by Crippen LogP contribution is -2.32. The van der Waals surface area contributed by atoms with E-state index in [0.717, 1.165) is 57.1 Å². The second kappa shape index (κ2) is 7.65. The molecule has 2 saturated heterocycles. The highest BCUT2D eigenvalue weighted by molar-refractivity contribution is 7.99. The molecule has 0 unspecified atom stereocenters. The van der Waals surface area contributed by atoms with Gasteiger partial charge in [0.2, 0.25) is 5.91 Å². The van der Waals surface area contributed by atoms with E-state index in [1.807, 2.05) is 11.8 Å². The predicted molar refractivity (Wildman–Crippen MR) is 88.9 cm³/mol. The Morgan fingerprint density at radius 3 is 3.00 bits per heavy atom. The van der Waals surface area contributed by atoms with Crippen molar-refractivity contribution in [2.75, 3.05) is 31.3 Å². The van der Waals surface area contributed by atoms with Crippen LogP contribution in [-0.2, 0) is 9.53 Å². The SMILES string of the molecule is O=C(CSCC1CCOCC1)N1CCC[C@H]1c1cccs1. The van der Waals surface area contributed by atoms with Crippen LogP contribution in [0, 0.1) is 5.92 Å². The monoisotopic (exact) mass is 325 g/mol. The van der Waals surface area contributed by atoms with Crippen LogP contribution < -0.4 is 0 Å². The summed E-state index contributed by atoms with van der Waals surface area (Å²) >= 11 is 3.58. The molecule has 0 saturated carbocycles. The lowest BCUT2D eigenvalue weighted by Gasteiger charge is -2.25. The summed E-state index contributed by atoms with van der Waals surface area (Å²) in [4.78, 5) is 15.9. The van der Waals surface area contributed by atoms with Gasteiger partial charge in [0.05, 0.1) is 11.8 Å². The number of amides is 1. The Hall–Kier alpha value is -0.520. The molecule has 0 radical (unpaired) electrons. The highest BCUT2D eigenvalue weighted by atomic mass is 32.2. The minimum Gasteiger partial charge on any atom is -0.381 e. The van der Waals surface area contributed by atoms with Gasteiger partial charge >= 0.3 is 0 Å². The molecule has 21 heavy (non-hydrogen) atoms. The summed E-state index contributed by atoms with van der Waals surface area (Å²) in [6.07, 6.45) is 4.57. The fourth-order valence-corrected chi connectivity index (χ4v) is 5.15. The maximum atomic E-state index is 12.5. The third-order valence-corrected chi connectivity index (χ3v) is 6.50. The number of thioether (sulfide) groups is 1. The number of thiophene rings is 1. The molecule has 1 atom stereocenters. The molecule has 116 valence electrons. The van der Waals surface area contributed by atoms with E-state index < -0.39 is 0 Å². The summed E-state index contributed by atoms with van der Waals surface area (Å²) < 4.78 is 5.38. The predicted octanol–water partition coefficient (Wildman–Crippen LogP) is 3.57. The molecule has 0 aliphatic carbocycles. The van der Waals surface area contributed by atoms with Gasteiger partial charge in [0, 0.05) is 24.6 Å². The lowest BCUT2D eigenvalue weighted by molar-refractivity contribution is -0.129. The molecule has 2 aliphatic heterocycles. The standard InChI is InChI=1S/C16H23NO2S2/c18-16(12-20-11-13-5-8-19-9-6-13)17-7-1-3-14(17)15-4-2-10-21-15/h2,4,10,13-14H,1,3,5-9,11-12H2/t14-/m0/s1. The van der Waals surface area contributed by atoms with Gasteiger partial charge in [0.25, 0.3) is 0 Å². The van der Waals surface area contributed by atoms with E-state index in [1.165, 1.54) is 4.88 Å². The fourth-order valence-electron chi connectivity index (χ4n) is 3.15. The minimum atomic E-state index is 0.322. The Kier molecular flexibility index (Phi) is 5.61. The van der Waals surface area contributed by atoms with E-state index in [1.54, 1.807) is 11.3 Å². The van der Waals surface area contributed by atoms with Crippen LogP contribution >= 0.6 is 23.1 Å². The molecule has 3 heterocycles. The van der Waals surface area contributed by atoms with Crippen LogP contribution in [0.4, 0.5) is 0 Å². The molecule has 0 aromatic carbocycles. The lowest BCUT2D eigenvalue weighted by atomic mass is 10.0. The molecular weight excluding hydrogens is 302 g/mol. The maximum Gasteiger partial charge on any atom is 0.233 e. The molecule has 5 heteroatoms. The highest BCUT2D eigenvalue weighted by Crippen LogP contribution is 2.35. The highest BCUT2D eigenvalue weighted by Gasteiger charge is 2.30. The van der Waals surface area contributed by atoms with Crippen molar-refractivity contribution in [3.8, 4) is 0 Å². The smallest absolute Gasteiger partial charge is 0.233 e. The minimum absolute atomic E-state index is 0.322. The number of hydrogen-bond donors (Lipinski definition) is 0. The molecule has 0 N–H and O–H groups in total. The summed E-state index contributed by atoms with van der Waals surface area (Å²) in [6.45, 7) is 2.72. The molecule has 2 fully saturated rings. The van der Waals surface area contributed by atoms with E-state index in [-0.39, 0.29) is 0 Å². The zero-order chi connectivity index (χ0) is 14.5.